The molecule has 0 aliphatic carbocycles. The molecule has 0 bridgehead atoms. The van der Waals surface area contributed by atoms with Crippen LogP contribution in [-0.2, 0) is 0 Å². The van der Waals surface area contributed by atoms with Crippen LogP contribution in [0.25, 0.3) is 0 Å². The van der Waals surface area contributed by atoms with Gasteiger partial charge in [-0.25, -0.2) is 14.4 Å². The van der Waals surface area contributed by atoms with E-state index >= 15 is 0 Å². The van der Waals surface area contributed by atoms with Crippen LogP contribution < -0.4 is 11.1 Å². The van der Waals surface area contributed by atoms with Gasteiger partial charge in [-0.1, -0.05) is 0 Å². The molecule has 0 aliphatic heterocycles. The average Bonchev–Trinajstić information content (AvgIpc) is 2.30. The van der Waals surface area contributed by atoms with Crippen LogP contribution in [0.15, 0.2) is 33.5 Å². The van der Waals surface area contributed by atoms with E-state index in [4.69, 9.17) is 5.73 Å². The molecule has 0 radical (unpaired) electrons. The quantitative estimate of drug-likeness (QED) is 0.859. The SMILES string of the molecule is Nc1ncnc(Nc2cc(F)ccc2Br)c1Br. The first-order valence-corrected chi connectivity index (χ1v) is 6.14. The third-order valence-corrected chi connectivity index (χ3v) is 3.47. The molecule has 0 atom stereocenters. The number of nitrogens with one attached hydrogen (secondary N) is 1. The van der Waals surface area contributed by atoms with Crippen LogP contribution in [0.3, 0.4) is 0 Å². The summed E-state index contributed by atoms with van der Waals surface area (Å²) in [6.07, 6.45) is 1.33. The molecule has 1 aromatic carbocycles. The van der Waals surface area contributed by atoms with Crippen LogP contribution in [0.2, 0.25) is 0 Å². The first-order valence-electron chi connectivity index (χ1n) is 4.56. The van der Waals surface area contributed by atoms with Gasteiger partial charge in [0, 0.05) is 4.47 Å². The number of rotatable bonds is 2. The van der Waals surface area contributed by atoms with Crippen molar-refractivity contribution >= 4 is 49.2 Å². The third-order valence-electron chi connectivity index (χ3n) is 2.00. The van der Waals surface area contributed by atoms with Gasteiger partial charge in [0.15, 0.2) is 0 Å². The molecule has 17 heavy (non-hydrogen) atoms. The van der Waals surface area contributed by atoms with Crippen LogP contribution in [0.1, 0.15) is 0 Å². The summed E-state index contributed by atoms with van der Waals surface area (Å²) in [5.41, 5.74) is 6.18. The zero-order valence-electron chi connectivity index (χ0n) is 8.42. The van der Waals surface area contributed by atoms with E-state index in [0.29, 0.717) is 21.8 Å². The molecule has 0 aliphatic rings. The Balaban J connectivity index is 2.38. The number of nitrogens with two attached hydrogens (primary N) is 1. The third kappa shape index (κ3) is 2.73. The second-order valence-electron chi connectivity index (χ2n) is 3.17. The fraction of sp³-hybridized carbons (Fsp3) is 0. The van der Waals surface area contributed by atoms with E-state index in [1.807, 2.05) is 0 Å². The lowest BCUT2D eigenvalue weighted by atomic mass is 10.3. The Morgan fingerprint density at radius 1 is 1.24 bits per heavy atom. The van der Waals surface area contributed by atoms with E-state index < -0.39 is 0 Å². The van der Waals surface area contributed by atoms with E-state index in [9.17, 15) is 4.39 Å². The fourth-order valence-corrected chi connectivity index (χ4v) is 1.84. The molecular weight excluding hydrogens is 355 g/mol. The largest absolute Gasteiger partial charge is 0.383 e. The van der Waals surface area contributed by atoms with Crippen molar-refractivity contribution in [3.63, 3.8) is 0 Å². The zero-order chi connectivity index (χ0) is 12.4. The Morgan fingerprint density at radius 2 is 2.00 bits per heavy atom. The first-order chi connectivity index (χ1) is 8.08. The number of hydrogen-bond acceptors (Lipinski definition) is 4. The lowest BCUT2D eigenvalue weighted by molar-refractivity contribution is 0.628. The minimum Gasteiger partial charge on any atom is -0.383 e. The second kappa shape index (κ2) is 4.97. The van der Waals surface area contributed by atoms with Crippen molar-refractivity contribution in [3.05, 3.63) is 39.3 Å². The molecule has 0 unspecified atom stereocenters. The van der Waals surface area contributed by atoms with Gasteiger partial charge in [-0.15, -0.1) is 0 Å². The minimum absolute atomic E-state index is 0.315. The molecule has 0 saturated heterocycles. The first kappa shape index (κ1) is 12.3. The molecule has 88 valence electrons. The molecule has 7 heteroatoms. The maximum atomic E-state index is 13.1. The van der Waals surface area contributed by atoms with Crippen LogP contribution in [0, 0.1) is 5.82 Å². The molecule has 1 heterocycles. The van der Waals surface area contributed by atoms with Crippen LogP contribution in [0.4, 0.5) is 21.7 Å². The predicted octanol–water partition coefficient (Wildman–Crippen LogP) is 3.47. The Hall–Kier alpha value is -1.21. The highest BCUT2D eigenvalue weighted by molar-refractivity contribution is 9.11. The lowest BCUT2D eigenvalue weighted by Gasteiger charge is -2.09. The molecular formula is C10H7Br2FN4. The van der Waals surface area contributed by atoms with Gasteiger partial charge in [-0.2, -0.15) is 0 Å². The van der Waals surface area contributed by atoms with Gasteiger partial charge < -0.3 is 11.1 Å². The van der Waals surface area contributed by atoms with Crippen LogP contribution >= 0.6 is 31.9 Å². The Labute approximate surface area is 114 Å². The summed E-state index contributed by atoms with van der Waals surface area (Å²) in [4.78, 5) is 7.83. The van der Waals surface area contributed by atoms with Gasteiger partial charge in [-0.05, 0) is 50.1 Å². The van der Waals surface area contributed by atoms with E-state index in [1.165, 1.54) is 18.5 Å². The molecule has 2 aromatic rings. The summed E-state index contributed by atoms with van der Waals surface area (Å²) < 4.78 is 14.4. The average molecular weight is 362 g/mol. The lowest BCUT2D eigenvalue weighted by Crippen LogP contribution is -2.00. The summed E-state index contributed by atoms with van der Waals surface area (Å²) >= 11 is 6.57. The number of benzene rings is 1. The van der Waals surface area contributed by atoms with Crippen molar-refractivity contribution in [3.8, 4) is 0 Å². The number of nitrogen functional groups attached to an aromatic ring is 1. The van der Waals surface area contributed by atoms with Crippen molar-refractivity contribution in [2.45, 2.75) is 0 Å². The van der Waals surface area contributed by atoms with Crippen molar-refractivity contribution < 1.29 is 4.39 Å². The molecule has 2 rings (SSSR count). The van der Waals surface area contributed by atoms with Crippen LogP contribution in [-0.4, -0.2) is 9.97 Å². The predicted molar refractivity (Wildman–Crippen MR) is 71.5 cm³/mol. The van der Waals surface area contributed by atoms with Crippen molar-refractivity contribution in [1.82, 2.24) is 9.97 Å². The number of halogens is 3. The highest BCUT2D eigenvalue weighted by Gasteiger charge is 2.08. The Bertz CT molecular complexity index is 562. The normalized spacial score (nSPS) is 10.3. The summed E-state index contributed by atoms with van der Waals surface area (Å²) in [5, 5.41) is 2.96. The molecule has 4 nitrogen and oxygen atoms in total. The van der Waals surface area contributed by atoms with Gasteiger partial charge in [0.1, 0.15) is 28.3 Å². The summed E-state index contributed by atoms with van der Waals surface area (Å²) in [7, 11) is 0. The molecule has 0 amide bonds. The molecule has 0 spiro atoms. The topological polar surface area (TPSA) is 63.8 Å². The number of hydrogen-bond donors (Lipinski definition) is 2. The number of nitrogens with zero attached hydrogens (tertiary/aromatic N) is 2. The fourth-order valence-electron chi connectivity index (χ4n) is 1.19. The number of anilines is 3. The van der Waals surface area contributed by atoms with Gasteiger partial charge >= 0.3 is 0 Å². The number of aromatic nitrogens is 2. The van der Waals surface area contributed by atoms with E-state index in [1.54, 1.807) is 6.07 Å². The van der Waals surface area contributed by atoms with Crippen LogP contribution in [0.5, 0.6) is 0 Å². The Morgan fingerprint density at radius 3 is 2.76 bits per heavy atom. The molecule has 3 N–H and O–H groups in total. The van der Waals surface area contributed by atoms with Gasteiger partial charge in [0.2, 0.25) is 0 Å². The smallest absolute Gasteiger partial charge is 0.150 e. The highest BCUT2D eigenvalue weighted by atomic mass is 79.9. The summed E-state index contributed by atoms with van der Waals surface area (Å²) in [6, 6.07) is 4.32. The maximum Gasteiger partial charge on any atom is 0.150 e. The van der Waals surface area contributed by atoms with Gasteiger partial charge in [0.25, 0.3) is 0 Å². The summed E-state index contributed by atoms with van der Waals surface area (Å²) in [6.45, 7) is 0. The van der Waals surface area contributed by atoms with E-state index in [2.05, 4.69) is 47.1 Å². The van der Waals surface area contributed by atoms with E-state index in [0.717, 1.165) is 4.47 Å². The minimum atomic E-state index is -0.339. The van der Waals surface area contributed by atoms with Crippen molar-refractivity contribution in [2.24, 2.45) is 0 Å². The van der Waals surface area contributed by atoms with Gasteiger partial charge in [0.05, 0.1) is 5.69 Å². The highest BCUT2D eigenvalue weighted by Crippen LogP contribution is 2.30. The zero-order valence-corrected chi connectivity index (χ0v) is 11.6. The monoisotopic (exact) mass is 360 g/mol. The standard InChI is InChI=1S/C10H7Br2FN4/c11-6-2-1-5(13)3-7(6)17-10-8(12)9(14)15-4-16-10/h1-4H,(H3,14,15,16,17). The molecule has 0 fully saturated rings. The van der Waals surface area contributed by atoms with Crippen molar-refractivity contribution in [1.29, 1.82) is 0 Å². The van der Waals surface area contributed by atoms with Gasteiger partial charge in [-0.3, -0.25) is 0 Å². The second-order valence-corrected chi connectivity index (χ2v) is 4.82. The van der Waals surface area contributed by atoms with E-state index in [-0.39, 0.29) is 5.82 Å². The van der Waals surface area contributed by atoms with Crippen molar-refractivity contribution in [2.75, 3.05) is 11.1 Å². The molecule has 1 aromatic heterocycles. The molecule has 0 saturated carbocycles. The Kier molecular flexibility index (Phi) is 3.58. The maximum absolute atomic E-state index is 13.1. The summed E-state index contributed by atoms with van der Waals surface area (Å²) in [5.74, 6) is 0.452.